The lowest BCUT2D eigenvalue weighted by atomic mass is 9.75. The van der Waals surface area contributed by atoms with Crippen LogP contribution >= 0.6 is 0 Å². The van der Waals surface area contributed by atoms with Gasteiger partial charge in [-0.15, -0.1) is 0 Å². The van der Waals surface area contributed by atoms with Gasteiger partial charge in [0.2, 0.25) is 6.54 Å². The first-order chi connectivity index (χ1) is 10.5. The van der Waals surface area contributed by atoms with Crippen LogP contribution in [0.4, 0.5) is 0 Å². The lowest BCUT2D eigenvalue weighted by molar-refractivity contribution is -0.686. The third kappa shape index (κ3) is 4.30. The standard InChI is InChI=1S/C18H25N2O2/c1-13(2)16-5-4-14(3)10-17(16)22-18(21)12-20-8-6-15(11-19)7-9-20/h6-9,13-14,16-17H,4-5,10,12H2,1-3H3/q+1. The van der Waals surface area contributed by atoms with Gasteiger partial charge in [-0.2, -0.15) is 9.83 Å². The number of rotatable bonds is 4. The summed E-state index contributed by atoms with van der Waals surface area (Å²) in [5.74, 6) is 1.42. The SMILES string of the molecule is CC1CCC(C(C)C)C(OC(=O)C[n+]2ccc(C#N)cc2)C1. The molecule has 4 heteroatoms. The largest absolute Gasteiger partial charge is 0.457 e. The predicted molar refractivity (Wildman–Crippen MR) is 82.6 cm³/mol. The molecular formula is C18H25N2O2+. The second-order valence-electron chi connectivity index (χ2n) is 6.73. The molecule has 3 atom stereocenters. The van der Waals surface area contributed by atoms with Crippen LogP contribution in [0.2, 0.25) is 0 Å². The molecule has 4 nitrogen and oxygen atoms in total. The van der Waals surface area contributed by atoms with E-state index in [0.29, 0.717) is 23.3 Å². The minimum atomic E-state index is -0.195. The van der Waals surface area contributed by atoms with E-state index in [1.807, 2.05) is 0 Å². The van der Waals surface area contributed by atoms with Crippen molar-refractivity contribution in [2.75, 3.05) is 0 Å². The van der Waals surface area contributed by atoms with Gasteiger partial charge >= 0.3 is 5.97 Å². The molecule has 0 N–H and O–H groups in total. The van der Waals surface area contributed by atoms with Crippen LogP contribution < -0.4 is 4.57 Å². The molecular weight excluding hydrogens is 276 g/mol. The fourth-order valence-electron chi connectivity index (χ4n) is 3.24. The van der Waals surface area contributed by atoms with Gasteiger partial charge in [-0.25, -0.2) is 4.79 Å². The van der Waals surface area contributed by atoms with Gasteiger partial charge in [-0.3, -0.25) is 0 Å². The fraction of sp³-hybridized carbons (Fsp3) is 0.611. The van der Waals surface area contributed by atoms with E-state index in [0.717, 1.165) is 12.8 Å². The zero-order valence-electron chi connectivity index (χ0n) is 13.7. The molecule has 1 aromatic heterocycles. The van der Waals surface area contributed by atoms with E-state index < -0.39 is 0 Å². The molecule has 0 radical (unpaired) electrons. The Hall–Kier alpha value is -1.89. The summed E-state index contributed by atoms with van der Waals surface area (Å²) in [4.78, 5) is 12.2. The average Bonchev–Trinajstić information content (AvgIpc) is 2.47. The minimum absolute atomic E-state index is 0.0373. The Kier molecular flexibility index (Phi) is 5.54. The predicted octanol–water partition coefficient (Wildman–Crippen LogP) is 2.85. The van der Waals surface area contributed by atoms with Gasteiger partial charge in [0.15, 0.2) is 12.4 Å². The number of carbonyl (C=O) groups is 1. The van der Waals surface area contributed by atoms with Crippen molar-refractivity contribution < 1.29 is 14.1 Å². The topological polar surface area (TPSA) is 54.0 Å². The van der Waals surface area contributed by atoms with E-state index in [2.05, 4.69) is 26.8 Å². The van der Waals surface area contributed by atoms with Crippen LogP contribution in [0.15, 0.2) is 24.5 Å². The smallest absolute Gasteiger partial charge is 0.372 e. The highest BCUT2D eigenvalue weighted by atomic mass is 16.5. The Morgan fingerprint density at radius 3 is 2.68 bits per heavy atom. The minimum Gasteiger partial charge on any atom is -0.457 e. The summed E-state index contributed by atoms with van der Waals surface area (Å²) in [6.45, 7) is 6.84. The first-order valence-corrected chi connectivity index (χ1v) is 8.08. The molecule has 1 aliphatic rings. The maximum absolute atomic E-state index is 12.2. The van der Waals surface area contributed by atoms with Gasteiger partial charge < -0.3 is 4.74 Å². The van der Waals surface area contributed by atoms with E-state index in [1.165, 1.54) is 6.42 Å². The summed E-state index contributed by atoms with van der Waals surface area (Å²) in [5.41, 5.74) is 0.589. The molecule has 22 heavy (non-hydrogen) atoms. The van der Waals surface area contributed by atoms with E-state index in [4.69, 9.17) is 10.00 Å². The second-order valence-corrected chi connectivity index (χ2v) is 6.73. The first kappa shape index (κ1) is 16.5. The van der Waals surface area contributed by atoms with Crippen molar-refractivity contribution >= 4 is 5.97 Å². The number of carbonyl (C=O) groups excluding carboxylic acids is 1. The van der Waals surface area contributed by atoms with Crippen LogP contribution in [0.3, 0.4) is 0 Å². The van der Waals surface area contributed by atoms with Crippen molar-refractivity contribution in [3.63, 3.8) is 0 Å². The quantitative estimate of drug-likeness (QED) is 0.635. The monoisotopic (exact) mass is 301 g/mol. The van der Waals surface area contributed by atoms with Crippen molar-refractivity contribution in [2.45, 2.75) is 52.7 Å². The maximum atomic E-state index is 12.2. The Morgan fingerprint density at radius 1 is 1.41 bits per heavy atom. The molecule has 1 heterocycles. The zero-order valence-corrected chi connectivity index (χ0v) is 13.7. The van der Waals surface area contributed by atoms with Gasteiger partial charge in [0.1, 0.15) is 6.10 Å². The molecule has 0 saturated heterocycles. The molecule has 3 unspecified atom stereocenters. The summed E-state index contributed by atoms with van der Waals surface area (Å²) in [6.07, 6.45) is 6.84. The Balaban J connectivity index is 1.95. The molecule has 0 aromatic carbocycles. The van der Waals surface area contributed by atoms with E-state index in [1.54, 1.807) is 29.1 Å². The molecule has 1 saturated carbocycles. The number of hydrogen-bond acceptors (Lipinski definition) is 3. The van der Waals surface area contributed by atoms with Gasteiger partial charge in [-0.05, 0) is 30.6 Å². The van der Waals surface area contributed by atoms with Crippen LogP contribution in [0.1, 0.15) is 45.6 Å². The molecule has 0 bridgehead atoms. The summed E-state index contributed by atoms with van der Waals surface area (Å²) in [7, 11) is 0. The third-order valence-electron chi connectivity index (χ3n) is 4.58. The highest BCUT2D eigenvalue weighted by molar-refractivity contribution is 5.67. The van der Waals surface area contributed by atoms with Crippen LogP contribution in [0.5, 0.6) is 0 Å². The summed E-state index contributed by atoms with van der Waals surface area (Å²) >= 11 is 0. The number of nitrogens with zero attached hydrogens (tertiary/aromatic N) is 2. The molecule has 2 rings (SSSR count). The van der Waals surface area contributed by atoms with Crippen molar-refractivity contribution in [3.8, 4) is 6.07 Å². The first-order valence-electron chi connectivity index (χ1n) is 8.08. The third-order valence-corrected chi connectivity index (χ3v) is 4.58. The highest BCUT2D eigenvalue weighted by Crippen LogP contribution is 2.35. The molecule has 118 valence electrons. The van der Waals surface area contributed by atoms with Crippen molar-refractivity contribution in [1.29, 1.82) is 5.26 Å². The molecule has 0 aliphatic heterocycles. The Labute approximate surface area is 132 Å². The van der Waals surface area contributed by atoms with Crippen LogP contribution in [0, 0.1) is 29.1 Å². The lowest BCUT2D eigenvalue weighted by Gasteiger charge is -2.36. The number of pyridine rings is 1. The van der Waals surface area contributed by atoms with Gasteiger partial charge in [0, 0.05) is 12.1 Å². The van der Waals surface area contributed by atoms with Crippen LogP contribution in [-0.4, -0.2) is 12.1 Å². The van der Waals surface area contributed by atoms with Gasteiger partial charge in [0.05, 0.1) is 11.6 Å². The summed E-state index contributed by atoms with van der Waals surface area (Å²) < 4.78 is 7.52. The number of esters is 1. The number of hydrogen-bond donors (Lipinski definition) is 0. The normalized spacial score (nSPS) is 24.8. The lowest BCUT2D eigenvalue weighted by Crippen LogP contribution is -2.42. The second kappa shape index (κ2) is 7.40. The Bertz CT molecular complexity index is 545. The molecule has 0 spiro atoms. The number of aromatic nitrogens is 1. The maximum Gasteiger partial charge on any atom is 0.372 e. The molecule has 1 aromatic rings. The number of ether oxygens (including phenoxy) is 1. The highest BCUT2D eigenvalue weighted by Gasteiger charge is 2.33. The van der Waals surface area contributed by atoms with Crippen LogP contribution in [-0.2, 0) is 16.1 Å². The number of nitriles is 1. The average molecular weight is 301 g/mol. The molecule has 1 fully saturated rings. The molecule has 1 aliphatic carbocycles. The van der Waals surface area contributed by atoms with Crippen molar-refractivity contribution in [2.24, 2.45) is 17.8 Å². The summed E-state index contributed by atoms with van der Waals surface area (Å²) in [5, 5.41) is 8.78. The summed E-state index contributed by atoms with van der Waals surface area (Å²) in [6, 6.07) is 5.47. The van der Waals surface area contributed by atoms with E-state index in [-0.39, 0.29) is 18.6 Å². The van der Waals surface area contributed by atoms with Crippen molar-refractivity contribution in [3.05, 3.63) is 30.1 Å². The zero-order chi connectivity index (χ0) is 16.1. The molecule has 0 amide bonds. The van der Waals surface area contributed by atoms with E-state index in [9.17, 15) is 4.79 Å². The van der Waals surface area contributed by atoms with E-state index >= 15 is 0 Å². The van der Waals surface area contributed by atoms with Crippen molar-refractivity contribution in [1.82, 2.24) is 0 Å². The van der Waals surface area contributed by atoms with Gasteiger partial charge in [-0.1, -0.05) is 27.2 Å². The Morgan fingerprint density at radius 2 is 2.09 bits per heavy atom. The van der Waals surface area contributed by atoms with Crippen LogP contribution in [0.25, 0.3) is 0 Å². The fourth-order valence-corrected chi connectivity index (χ4v) is 3.24. The van der Waals surface area contributed by atoms with Gasteiger partial charge in [0.25, 0.3) is 0 Å².